The van der Waals surface area contributed by atoms with Crippen molar-refractivity contribution in [1.82, 2.24) is 25.6 Å². The Balaban J connectivity index is 1.22. The van der Waals surface area contributed by atoms with E-state index in [0.29, 0.717) is 44.6 Å². The summed E-state index contributed by atoms with van der Waals surface area (Å²) in [4.78, 5) is 56.7. The number of carbonyl (C=O) groups excluding carboxylic acids is 4. The normalized spacial score (nSPS) is 20.8. The quantitative estimate of drug-likeness (QED) is 0.485. The summed E-state index contributed by atoms with van der Waals surface area (Å²) in [6.07, 6.45) is 3.95. The maximum atomic E-state index is 12.9. The molecule has 1 unspecified atom stereocenters. The van der Waals surface area contributed by atoms with Crippen molar-refractivity contribution in [2.75, 3.05) is 25.0 Å². The second-order valence-electron chi connectivity index (χ2n) is 9.68. The number of urea groups is 1. The minimum absolute atomic E-state index is 0.0334. The van der Waals surface area contributed by atoms with E-state index in [1.165, 1.54) is 0 Å². The summed E-state index contributed by atoms with van der Waals surface area (Å²) in [7, 11) is 0. The first-order valence-electron chi connectivity index (χ1n) is 12.2. The smallest absolute Gasteiger partial charge is 0.322 e. The van der Waals surface area contributed by atoms with Crippen LogP contribution in [0.4, 0.5) is 10.6 Å². The number of anilines is 1. The van der Waals surface area contributed by atoms with Crippen LogP contribution in [0.5, 0.6) is 0 Å². The number of aromatic nitrogens is 1. The molecule has 2 saturated heterocycles. The van der Waals surface area contributed by atoms with E-state index in [2.05, 4.69) is 21.0 Å². The average molecular weight is 493 g/mol. The number of aryl methyl sites for hydroxylation is 2. The molecule has 10 heteroatoms. The van der Waals surface area contributed by atoms with Gasteiger partial charge in [0.1, 0.15) is 11.4 Å². The highest BCUT2D eigenvalue weighted by Crippen LogP contribution is 2.23. The maximum absolute atomic E-state index is 12.9. The molecule has 0 saturated carbocycles. The van der Waals surface area contributed by atoms with E-state index in [9.17, 15) is 19.2 Å². The van der Waals surface area contributed by atoms with Crippen LogP contribution in [-0.2, 0) is 20.8 Å². The van der Waals surface area contributed by atoms with Crippen LogP contribution in [0.15, 0.2) is 48.7 Å². The van der Waals surface area contributed by atoms with Crippen LogP contribution in [-0.4, -0.2) is 63.8 Å². The van der Waals surface area contributed by atoms with Crippen molar-refractivity contribution in [3.05, 3.63) is 59.8 Å². The van der Waals surface area contributed by atoms with Gasteiger partial charge in [-0.1, -0.05) is 36.4 Å². The number of amides is 5. The average Bonchev–Trinajstić information content (AvgIpc) is 3.08. The van der Waals surface area contributed by atoms with Crippen LogP contribution < -0.4 is 16.1 Å². The van der Waals surface area contributed by atoms with Gasteiger partial charge < -0.3 is 10.6 Å². The molecule has 0 aliphatic carbocycles. The SMILES string of the molecule is Cc1ccc(NC(=O)C2CCN(CC(=O)NN3C(=O)NC(C)(CCc4ccccc4)C3=O)CC2)nc1. The van der Waals surface area contributed by atoms with E-state index in [4.69, 9.17) is 0 Å². The summed E-state index contributed by atoms with van der Waals surface area (Å²) < 4.78 is 0. The standard InChI is InChI=1S/C26H32N6O4/c1-18-8-9-21(27-16-18)28-23(34)20-11-14-31(15-12-20)17-22(33)30-32-24(35)26(2,29-25(32)36)13-10-19-6-4-3-5-7-19/h3-9,16,20H,10-15,17H2,1-2H3,(H,29,36)(H,30,33)(H,27,28,34). The highest BCUT2D eigenvalue weighted by Gasteiger charge is 2.48. The topological polar surface area (TPSA) is 124 Å². The number of carbonyl (C=O) groups is 4. The van der Waals surface area contributed by atoms with Crippen molar-refractivity contribution in [3.8, 4) is 0 Å². The van der Waals surface area contributed by atoms with Gasteiger partial charge in [0.05, 0.1) is 6.54 Å². The maximum Gasteiger partial charge on any atom is 0.344 e. The van der Waals surface area contributed by atoms with Crippen LogP contribution >= 0.6 is 0 Å². The molecule has 2 aliphatic heterocycles. The lowest BCUT2D eigenvalue weighted by Crippen LogP contribution is -2.52. The molecule has 1 aromatic carbocycles. The second kappa shape index (κ2) is 10.9. The summed E-state index contributed by atoms with van der Waals surface area (Å²) in [6, 6.07) is 12.7. The lowest BCUT2D eigenvalue weighted by molar-refractivity contribution is -0.139. The van der Waals surface area contributed by atoms with Crippen LogP contribution in [0.25, 0.3) is 0 Å². The fourth-order valence-corrected chi connectivity index (χ4v) is 4.48. The summed E-state index contributed by atoms with van der Waals surface area (Å²) in [5.41, 5.74) is 3.45. The minimum atomic E-state index is -1.09. The number of hydrogen-bond acceptors (Lipinski definition) is 6. The number of rotatable bonds is 8. The first-order valence-corrected chi connectivity index (χ1v) is 12.2. The molecule has 3 N–H and O–H groups in total. The molecule has 4 rings (SSSR count). The number of nitrogens with zero attached hydrogens (tertiary/aromatic N) is 3. The molecule has 3 heterocycles. The summed E-state index contributed by atoms with van der Waals surface area (Å²) in [5, 5.41) is 6.33. The third-order valence-electron chi connectivity index (χ3n) is 6.74. The summed E-state index contributed by atoms with van der Waals surface area (Å²) >= 11 is 0. The van der Waals surface area contributed by atoms with E-state index in [1.807, 2.05) is 48.2 Å². The largest absolute Gasteiger partial charge is 0.344 e. The Hall–Kier alpha value is -3.79. The Labute approximate surface area is 210 Å². The first-order chi connectivity index (χ1) is 17.2. The molecule has 36 heavy (non-hydrogen) atoms. The zero-order valence-electron chi connectivity index (χ0n) is 20.6. The third kappa shape index (κ3) is 6.06. The van der Waals surface area contributed by atoms with Gasteiger partial charge in [0.25, 0.3) is 11.8 Å². The molecule has 10 nitrogen and oxygen atoms in total. The fraction of sp³-hybridized carbons (Fsp3) is 0.423. The van der Waals surface area contributed by atoms with Gasteiger partial charge in [-0.15, -0.1) is 0 Å². The number of likely N-dealkylation sites (tertiary alicyclic amines) is 1. The Morgan fingerprint density at radius 1 is 1.11 bits per heavy atom. The molecule has 0 bridgehead atoms. The van der Waals surface area contributed by atoms with Crippen LogP contribution in [0.3, 0.4) is 0 Å². The van der Waals surface area contributed by atoms with Gasteiger partial charge in [-0.2, -0.15) is 5.01 Å². The zero-order chi connectivity index (χ0) is 25.7. The Morgan fingerprint density at radius 2 is 1.83 bits per heavy atom. The van der Waals surface area contributed by atoms with E-state index in [-0.39, 0.29) is 18.4 Å². The highest BCUT2D eigenvalue weighted by molar-refractivity contribution is 6.07. The molecule has 190 valence electrons. The van der Waals surface area contributed by atoms with Crippen LogP contribution in [0, 0.1) is 12.8 Å². The molecular weight excluding hydrogens is 460 g/mol. The predicted octanol–water partition coefficient (Wildman–Crippen LogP) is 2.02. The first kappa shape index (κ1) is 25.3. The van der Waals surface area contributed by atoms with Crippen molar-refractivity contribution in [1.29, 1.82) is 0 Å². The number of pyridine rings is 1. The number of piperidine rings is 1. The van der Waals surface area contributed by atoms with Crippen LogP contribution in [0.2, 0.25) is 0 Å². The second-order valence-corrected chi connectivity index (χ2v) is 9.68. The number of hydrazine groups is 1. The van der Waals surface area contributed by atoms with Crippen LogP contribution in [0.1, 0.15) is 37.3 Å². The molecule has 0 radical (unpaired) electrons. The molecule has 2 fully saturated rings. The summed E-state index contributed by atoms with van der Waals surface area (Å²) in [5.74, 6) is -0.639. The van der Waals surface area contributed by atoms with Gasteiger partial charge in [-0.25, -0.2) is 9.78 Å². The number of imide groups is 1. The Morgan fingerprint density at radius 3 is 2.50 bits per heavy atom. The third-order valence-corrected chi connectivity index (χ3v) is 6.74. The van der Waals surface area contributed by atoms with Crippen molar-refractivity contribution < 1.29 is 19.2 Å². The van der Waals surface area contributed by atoms with Crippen molar-refractivity contribution in [2.45, 2.75) is 45.1 Å². The van der Waals surface area contributed by atoms with Gasteiger partial charge >= 0.3 is 6.03 Å². The van der Waals surface area contributed by atoms with Gasteiger partial charge in [-0.3, -0.25) is 24.7 Å². The lowest BCUT2D eigenvalue weighted by Gasteiger charge is -2.31. The molecule has 2 aliphatic rings. The highest BCUT2D eigenvalue weighted by atomic mass is 16.2. The van der Waals surface area contributed by atoms with Crippen molar-refractivity contribution in [2.24, 2.45) is 5.92 Å². The number of benzene rings is 1. The van der Waals surface area contributed by atoms with Gasteiger partial charge in [0.2, 0.25) is 5.91 Å². The van der Waals surface area contributed by atoms with Crippen molar-refractivity contribution in [3.63, 3.8) is 0 Å². The summed E-state index contributed by atoms with van der Waals surface area (Å²) in [6.45, 7) is 4.75. The van der Waals surface area contributed by atoms with E-state index in [0.717, 1.165) is 16.1 Å². The predicted molar refractivity (Wildman–Crippen MR) is 133 cm³/mol. The molecule has 5 amide bonds. The van der Waals surface area contributed by atoms with Crippen molar-refractivity contribution >= 4 is 29.6 Å². The van der Waals surface area contributed by atoms with Gasteiger partial charge in [0, 0.05) is 12.1 Å². The Bertz CT molecular complexity index is 1120. The van der Waals surface area contributed by atoms with E-state index in [1.54, 1.807) is 19.2 Å². The van der Waals surface area contributed by atoms with Gasteiger partial charge in [-0.05, 0) is 69.8 Å². The molecule has 1 aromatic heterocycles. The molecular formula is C26H32N6O4. The zero-order valence-corrected chi connectivity index (χ0v) is 20.6. The Kier molecular flexibility index (Phi) is 7.64. The minimum Gasteiger partial charge on any atom is -0.322 e. The molecule has 1 atom stereocenters. The van der Waals surface area contributed by atoms with E-state index >= 15 is 0 Å². The fourth-order valence-electron chi connectivity index (χ4n) is 4.48. The number of nitrogens with one attached hydrogen (secondary N) is 3. The van der Waals surface area contributed by atoms with Gasteiger partial charge in [0.15, 0.2) is 0 Å². The number of hydrogen-bond donors (Lipinski definition) is 3. The van der Waals surface area contributed by atoms with E-state index < -0.39 is 23.4 Å². The lowest BCUT2D eigenvalue weighted by atomic mass is 9.93. The monoisotopic (exact) mass is 492 g/mol. The molecule has 2 aromatic rings. The molecule has 0 spiro atoms.